The highest BCUT2D eigenvalue weighted by Crippen LogP contribution is 2.19. The maximum Gasteiger partial charge on any atom is 0.251 e. The van der Waals surface area contributed by atoms with E-state index in [1.807, 2.05) is 11.4 Å². The summed E-state index contributed by atoms with van der Waals surface area (Å²) in [5.74, 6) is -0.729. The summed E-state index contributed by atoms with van der Waals surface area (Å²) in [6.45, 7) is 0.378. The Morgan fingerprint density at radius 3 is 2.83 bits per heavy atom. The second-order valence-corrected chi connectivity index (χ2v) is 5.44. The SMILES string of the molecule is O=C(NCc1cc(Br)cs1)c1cc(O)[nH]c(=O)c1. The van der Waals surface area contributed by atoms with Gasteiger partial charge in [-0.1, -0.05) is 0 Å². The number of hydrogen-bond acceptors (Lipinski definition) is 4. The number of pyridine rings is 1. The van der Waals surface area contributed by atoms with Gasteiger partial charge in [0.2, 0.25) is 0 Å². The van der Waals surface area contributed by atoms with Crippen LogP contribution in [0.3, 0.4) is 0 Å². The van der Waals surface area contributed by atoms with Crippen LogP contribution in [-0.2, 0) is 6.54 Å². The smallest absolute Gasteiger partial charge is 0.251 e. The number of H-pyrrole nitrogens is 1. The third-order valence-corrected chi connectivity index (χ3v) is 3.83. The van der Waals surface area contributed by atoms with E-state index in [-0.39, 0.29) is 11.4 Å². The molecule has 5 nitrogen and oxygen atoms in total. The van der Waals surface area contributed by atoms with Crippen molar-refractivity contribution in [3.63, 3.8) is 0 Å². The van der Waals surface area contributed by atoms with Gasteiger partial charge in [0, 0.05) is 26.9 Å². The largest absolute Gasteiger partial charge is 0.494 e. The van der Waals surface area contributed by atoms with Crippen molar-refractivity contribution in [1.29, 1.82) is 0 Å². The Labute approximate surface area is 115 Å². The summed E-state index contributed by atoms with van der Waals surface area (Å²) >= 11 is 4.84. The zero-order valence-corrected chi connectivity index (χ0v) is 11.5. The van der Waals surface area contributed by atoms with Crippen molar-refractivity contribution in [2.45, 2.75) is 6.54 Å². The van der Waals surface area contributed by atoms with Crippen LogP contribution >= 0.6 is 27.3 Å². The number of rotatable bonds is 3. The fraction of sp³-hybridized carbons (Fsp3) is 0.0909. The number of thiophene rings is 1. The number of amides is 1. The molecule has 1 amide bonds. The number of hydrogen-bond donors (Lipinski definition) is 3. The highest BCUT2D eigenvalue weighted by Gasteiger charge is 2.08. The Bertz CT molecular complexity index is 635. The van der Waals surface area contributed by atoms with Crippen LogP contribution in [0.15, 0.2) is 32.8 Å². The Hall–Kier alpha value is -1.60. The molecule has 0 atom stereocenters. The molecule has 0 aromatic carbocycles. The molecule has 2 aromatic heterocycles. The molecule has 2 heterocycles. The zero-order valence-electron chi connectivity index (χ0n) is 9.07. The first kappa shape index (κ1) is 12.8. The second-order valence-electron chi connectivity index (χ2n) is 3.53. The van der Waals surface area contributed by atoms with E-state index in [1.54, 1.807) is 0 Å². The molecule has 2 aromatic rings. The maximum absolute atomic E-state index is 11.7. The minimum atomic E-state index is -0.515. The molecule has 0 bridgehead atoms. The Balaban J connectivity index is 2.05. The van der Waals surface area contributed by atoms with Crippen molar-refractivity contribution >= 4 is 33.2 Å². The van der Waals surface area contributed by atoms with E-state index in [1.165, 1.54) is 17.4 Å². The second kappa shape index (κ2) is 5.36. The molecule has 0 fully saturated rings. The van der Waals surface area contributed by atoms with Crippen molar-refractivity contribution in [1.82, 2.24) is 10.3 Å². The van der Waals surface area contributed by atoms with Crippen LogP contribution in [0.5, 0.6) is 5.88 Å². The van der Waals surface area contributed by atoms with E-state index >= 15 is 0 Å². The number of carbonyl (C=O) groups is 1. The van der Waals surface area contributed by atoms with Crippen LogP contribution in [0, 0.1) is 0 Å². The van der Waals surface area contributed by atoms with Gasteiger partial charge < -0.3 is 10.4 Å². The Morgan fingerprint density at radius 2 is 2.22 bits per heavy atom. The quantitative estimate of drug-likeness (QED) is 0.803. The molecule has 0 saturated heterocycles. The minimum absolute atomic E-state index is 0.131. The van der Waals surface area contributed by atoms with E-state index in [0.29, 0.717) is 6.54 Å². The summed E-state index contributed by atoms with van der Waals surface area (Å²) in [6, 6.07) is 4.25. The van der Waals surface area contributed by atoms with Gasteiger partial charge in [-0.2, -0.15) is 0 Å². The lowest BCUT2D eigenvalue weighted by Crippen LogP contribution is -2.23. The predicted octanol–water partition coefficient (Wildman–Crippen LogP) is 1.83. The number of halogens is 1. The van der Waals surface area contributed by atoms with Crippen LogP contribution in [0.25, 0.3) is 0 Å². The van der Waals surface area contributed by atoms with E-state index in [4.69, 9.17) is 0 Å². The van der Waals surface area contributed by atoms with E-state index in [9.17, 15) is 14.7 Å². The van der Waals surface area contributed by atoms with Crippen LogP contribution in [0.4, 0.5) is 0 Å². The Kier molecular flexibility index (Phi) is 3.83. The number of nitrogens with one attached hydrogen (secondary N) is 2. The van der Waals surface area contributed by atoms with Gasteiger partial charge in [-0.05, 0) is 22.0 Å². The summed E-state index contributed by atoms with van der Waals surface area (Å²) in [4.78, 5) is 26.0. The summed E-state index contributed by atoms with van der Waals surface area (Å²) in [7, 11) is 0. The fourth-order valence-corrected chi connectivity index (χ4v) is 2.77. The molecule has 0 aliphatic rings. The van der Waals surface area contributed by atoms with Gasteiger partial charge in [-0.3, -0.25) is 14.6 Å². The van der Waals surface area contributed by atoms with Crippen LogP contribution in [0.1, 0.15) is 15.2 Å². The number of aromatic amines is 1. The van der Waals surface area contributed by atoms with Gasteiger partial charge in [0.25, 0.3) is 11.5 Å². The van der Waals surface area contributed by atoms with Crippen molar-refractivity contribution in [2.75, 3.05) is 0 Å². The fourth-order valence-electron chi connectivity index (χ4n) is 1.38. The molecule has 2 rings (SSSR count). The lowest BCUT2D eigenvalue weighted by Gasteiger charge is -2.03. The molecule has 0 spiro atoms. The molecular weight excluding hydrogens is 320 g/mol. The first-order chi connectivity index (χ1) is 8.54. The lowest BCUT2D eigenvalue weighted by atomic mass is 10.2. The van der Waals surface area contributed by atoms with Gasteiger partial charge in [0.15, 0.2) is 5.88 Å². The molecular formula is C11H9BrN2O3S. The Morgan fingerprint density at radius 1 is 1.44 bits per heavy atom. The van der Waals surface area contributed by atoms with Gasteiger partial charge in [0.1, 0.15) is 0 Å². The molecule has 18 heavy (non-hydrogen) atoms. The summed E-state index contributed by atoms with van der Waals surface area (Å²) < 4.78 is 0.963. The molecule has 0 aliphatic carbocycles. The topological polar surface area (TPSA) is 82.2 Å². The monoisotopic (exact) mass is 328 g/mol. The number of carbonyl (C=O) groups excluding carboxylic acids is 1. The van der Waals surface area contributed by atoms with Gasteiger partial charge in [0.05, 0.1) is 12.1 Å². The predicted molar refractivity (Wildman–Crippen MR) is 71.9 cm³/mol. The normalized spacial score (nSPS) is 10.3. The number of aromatic hydroxyl groups is 1. The summed E-state index contributed by atoms with van der Waals surface area (Å²) in [5, 5.41) is 13.8. The van der Waals surface area contributed by atoms with Gasteiger partial charge in [-0.25, -0.2) is 0 Å². The first-order valence-corrected chi connectivity index (χ1v) is 6.66. The average Bonchev–Trinajstić information content (AvgIpc) is 2.70. The third kappa shape index (κ3) is 3.21. The van der Waals surface area contributed by atoms with E-state index < -0.39 is 11.5 Å². The van der Waals surface area contributed by atoms with E-state index in [2.05, 4.69) is 26.2 Å². The molecule has 94 valence electrons. The highest BCUT2D eigenvalue weighted by atomic mass is 79.9. The minimum Gasteiger partial charge on any atom is -0.494 e. The highest BCUT2D eigenvalue weighted by molar-refractivity contribution is 9.10. The summed E-state index contributed by atoms with van der Waals surface area (Å²) in [5.41, 5.74) is -0.383. The van der Waals surface area contributed by atoms with Crippen molar-refractivity contribution in [2.24, 2.45) is 0 Å². The van der Waals surface area contributed by atoms with Crippen LogP contribution in [0.2, 0.25) is 0 Å². The molecule has 3 N–H and O–H groups in total. The third-order valence-electron chi connectivity index (χ3n) is 2.14. The van der Waals surface area contributed by atoms with Gasteiger partial charge >= 0.3 is 0 Å². The maximum atomic E-state index is 11.7. The first-order valence-electron chi connectivity index (χ1n) is 4.99. The van der Waals surface area contributed by atoms with E-state index in [0.717, 1.165) is 15.4 Å². The molecule has 0 unspecified atom stereocenters. The van der Waals surface area contributed by atoms with Crippen molar-refractivity contribution in [3.8, 4) is 5.88 Å². The summed E-state index contributed by atoms with van der Waals surface area (Å²) in [6.07, 6.45) is 0. The van der Waals surface area contributed by atoms with Crippen molar-refractivity contribution in [3.05, 3.63) is 48.8 Å². The van der Waals surface area contributed by atoms with Crippen LogP contribution < -0.4 is 10.9 Å². The standard InChI is InChI=1S/C11H9BrN2O3S/c12-7-3-8(18-5-7)4-13-11(17)6-1-9(15)14-10(16)2-6/h1-3,5H,4H2,(H,13,17)(H2,14,15,16). The molecule has 7 heteroatoms. The van der Waals surface area contributed by atoms with Gasteiger partial charge in [-0.15, -0.1) is 11.3 Å². The molecule has 0 saturated carbocycles. The lowest BCUT2D eigenvalue weighted by molar-refractivity contribution is 0.0950. The van der Waals surface area contributed by atoms with Crippen molar-refractivity contribution < 1.29 is 9.90 Å². The average molecular weight is 329 g/mol. The van der Waals surface area contributed by atoms with Crippen LogP contribution in [-0.4, -0.2) is 16.0 Å². The molecule has 0 radical (unpaired) electrons. The zero-order chi connectivity index (χ0) is 13.1. The number of aromatic nitrogens is 1. The molecule has 0 aliphatic heterocycles.